The van der Waals surface area contributed by atoms with Crippen molar-refractivity contribution in [2.75, 3.05) is 16.8 Å². The minimum Gasteiger partial charge on any atom is -0.457 e. The molecule has 0 radical (unpaired) electrons. The number of hydrogen-bond acceptors (Lipinski definition) is 7. The number of rotatable bonds is 6. The highest BCUT2D eigenvalue weighted by Crippen LogP contribution is 2.25. The Hall–Kier alpha value is -3.68. The number of ether oxygens (including phenoxy) is 2. The van der Waals surface area contributed by atoms with Crippen LogP contribution in [0.5, 0.6) is 11.5 Å². The molecule has 8 nitrogen and oxygen atoms in total. The standard InChI is InChI=1S/C22H23N5O3/c1-14-13-29-22(28)27(14)21-25-16(3)24-20(26-21)23-15(2)17-9-11-19(12-10-17)30-18-7-5-4-6-8-18/h4-12,14-15H,13H2,1-3H3,(H,23,24,25,26)/t14?,15-/m0/s1. The molecular weight excluding hydrogens is 382 g/mol. The summed E-state index contributed by atoms with van der Waals surface area (Å²) in [6.45, 7) is 5.99. The van der Waals surface area contributed by atoms with E-state index in [2.05, 4.69) is 20.3 Å². The number of benzene rings is 2. The number of hydrogen-bond donors (Lipinski definition) is 1. The van der Waals surface area contributed by atoms with Gasteiger partial charge in [-0.15, -0.1) is 0 Å². The molecule has 0 spiro atoms. The molecule has 2 heterocycles. The van der Waals surface area contributed by atoms with Crippen LogP contribution in [0.2, 0.25) is 0 Å². The van der Waals surface area contributed by atoms with Gasteiger partial charge in [-0.2, -0.15) is 15.0 Å². The predicted molar refractivity (Wildman–Crippen MR) is 113 cm³/mol. The summed E-state index contributed by atoms with van der Waals surface area (Å²) in [6.07, 6.45) is -0.443. The highest BCUT2D eigenvalue weighted by molar-refractivity contribution is 5.88. The molecule has 3 aromatic rings. The van der Waals surface area contributed by atoms with Crippen LogP contribution in [0, 0.1) is 6.92 Å². The number of para-hydroxylation sites is 1. The van der Waals surface area contributed by atoms with Crippen molar-refractivity contribution in [3.63, 3.8) is 0 Å². The number of carbonyl (C=O) groups excluding carboxylic acids is 1. The molecular formula is C22H23N5O3. The highest BCUT2D eigenvalue weighted by atomic mass is 16.6. The Morgan fingerprint density at radius 3 is 2.43 bits per heavy atom. The molecule has 1 fully saturated rings. The topological polar surface area (TPSA) is 89.5 Å². The first-order chi connectivity index (χ1) is 14.5. The van der Waals surface area contributed by atoms with Crippen molar-refractivity contribution in [3.8, 4) is 11.5 Å². The lowest BCUT2D eigenvalue weighted by Crippen LogP contribution is -2.33. The van der Waals surface area contributed by atoms with Gasteiger partial charge in [-0.3, -0.25) is 0 Å². The molecule has 154 valence electrons. The quantitative estimate of drug-likeness (QED) is 0.646. The lowest BCUT2D eigenvalue weighted by Gasteiger charge is -2.19. The van der Waals surface area contributed by atoms with E-state index in [1.807, 2.05) is 68.4 Å². The summed E-state index contributed by atoms with van der Waals surface area (Å²) < 4.78 is 10.9. The van der Waals surface area contributed by atoms with Crippen LogP contribution in [0.1, 0.15) is 31.3 Å². The Kier molecular flexibility index (Phi) is 5.47. The first-order valence-electron chi connectivity index (χ1n) is 9.77. The number of anilines is 2. The Morgan fingerprint density at radius 1 is 1.07 bits per heavy atom. The SMILES string of the molecule is Cc1nc(N[C@@H](C)c2ccc(Oc3ccccc3)cc2)nc(N2C(=O)OCC2C)n1. The Labute approximate surface area is 174 Å². The molecule has 8 heteroatoms. The molecule has 4 rings (SSSR count). The summed E-state index contributed by atoms with van der Waals surface area (Å²) in [7, 11) is 0. The van der Waals surface area contributed by atoms with Gasteiger partial charge in [-0.25, -0.2) is 9.69 Å². The number of nitrogens with zero attached hydrogens (tertiary/aromatic N) is 4. The number of nitrogens with one attached hydrogen (secondary N) is 1. The van der Waals surface area contributed by atoms with Gasteiger partial charge in [0.15, 0.2) is 0 Å². The summed E-state index contributed by atoms with van der Waals surface area (Å²) in [4.78, 5) is 26.5. The maximum atomic E-state index is 12.0. The van der Waals surface area contributed by atoms with Crippen LogP contribution in [-0.2, 0) is 4.74 Å². The molecule has 1 saturated heterocycles. The summed E-state index contributed by atoms with van der Waals surface area (Å²) in [5, 5.41) is 3.28. The molecule has 30 heavy (non-hydrogen) atoms. The van der Waals surface area contributed by atoms with Gasteiger partial charge < -0.3 is 14.8 Å². The van der Waals surface area contributed by atoms with Crippen LogP contribution in [0.15, 0.2) is 54.6 Å². The second-order valence-corrected chi connectivity index (χ2v) is 7.15. The minimum absolute atomic E-state index is 0.0617. The van der Waals surface area contributed by atoms with Crippen LogP contribution in [0.4, 0.5) is 16.7 Å². The average molecular weight is 405 g/mol. The van der Waals surface area contributed by atoms with Gasteiger partial charge in [0.05, 0.1) is 12.1 Å². The van der Waals surface area contributed by atoms with Gasteiger partial charge in [-0.05, 0) is 50.6 Å². The molecule has 2 aromatic carbocycles. The number of aromatic nitrogens is 3. The van der Waals surface area contributed by atoms with E-state index < -0.39 is 6.09 Å². The molecule has 0 saturated carbocycles. The minimum atomic E-state index is -0.443. The number of aryl methyl sites for hydroxylation is 1. The van der Waals surface area contributed by atoms with E-state index in [9.17, 15) is 4.79 Å². The highest BCUT2D eigenvalue weighted by Gasteiger charge is 2.33. The van der Waals surface area contributed by atoms with Crippen molar-refractivity contribution in [1.82, 2.24) is 15.0 Å². The van der Waals surface area contributed by atoms with Gasteiger partial charge >= 0.3 is 6.09 Å². The molecule has 1 aromatic heterocycles. The van der Waals surface area contributed by atoms with E-state index in [1.54, 1.807) is 6.92 Å². The maximum Gasteiger partial charge on any atom is 0.417 e. The first-order valence-corrected chi connectivity index (χ1v) is 9.77. The van der Waals surface area contributed by atoms with Crippen molar-refractivity contribution in [2.45, 2.75) is 32.9 Å². The average Bonchev–Trinajstić information content (AvgIpc) is 3.07. The van der Waals surface area contributed by atoms with E-state index in [0.29, 0.717) is 24.3 Å². The molecule has 2 atom stereocenters. The summed E-state index contributed by atoms with van der Waals surface area (Å²) >= 11 is 0. The molecule has 0 aliphatic carbocycles. The Morgan fingerprint density at radius 2 is 1.77 bits per heavy atom. The first kappa shape index (κ1) is 19.6. The summed E-state index contributed by atoms with van der Waals surface area (Å²) in [6, 6.07) is 17.3. The fraction of sp³-hybridized carbons (Fsp3) is 0.273. The summed E-state index contributed by atoms with van der Waals surface area (Å²) in [5.41, 5.74) is 1.05. The fourth-order valence-electron chi connectivity index (χ4n) is 3.16. The van der Waals surface area contributed by atoms with E-state index >= 15 is 0 Å². The monoisotopic (exact) mass is 405 g/mol. The lowest BCUT2D eigenvalue weighted by atomic mass is 10.1. The van der Waals surface area contributed by atoms with Gasteiger partial charge in [0, 0.05) is 0 Å². The smallest absolute Gasteiger partial charge is 0.417 e. The number of cyclic esters (lactones) is 1. The predicted octanol–water partition coefficient (Wildman–Crippen LogP) is 4.49. The number of amides is 1. The van der Waals surface area contributed by atoms with Crippen LogP contribution in [0.25, 0.3) is 0 Å². The van der Waals surface area contributed by atoms with Crippen molar-refractivity contribution < 1.29 is 14.3 Å². The molecule has 1 aliphatic heterocycles. The van der Waals surface area contributed by atoms with E-state index in [-0.39, 0.29) is 12.1 Å². The van der Waals surface area contributed by atoms with E-state index in [1.165, 1.54) is 4.90 Å². The van der Waals surface area contributed by atoms with Crippen LogP contribution >= 0.6 is 0 Å². The normalized spacial score (nSPS) is 16.8. The third-order valence-corrected chi connectivity index (χ3v) is 4.74. The number of carbonyl (C=O) groups is 1. The van der Waals surface area contributed by atoms with Gasteiger partial charge in [0.25, 0.3) is 0 Å². The molecule has 1 aliphatic rings. The van der Waals surface area contributed by atoms with Crippen molar-refractivity contribution in [1.29, 1.82) is 0 Å². The van der Waals surface area contributed by atoms with Crippen molar-refractivity contribution in [2.24, 2.45) is 0 Å². The van der Waals surface area contributed by atoms with Crippen LogP contribution < -0.4 is 15.0 Å². The van der Waals surface area contributed by atoms with Crippen molar-refractivity contribution >= 4 is 18.0 Å². The van der Waals surface area contributed by atoms with Crippen LogP contribution in [-0.4, -0.2) is 33.7 Å². The van der Waals surface area contributed by atoms with E-state index in [4.69, 9.17) is 9.47 Å². The Balaban J connectivity index is 1.47. The lowest BCUT2D eigenvalue weighted by molar-refractivity contribution is 0.179. The third-order valence-electron chi connectivity index (χ3n) is 4.74. The van der Waals surface area contributed by atoms with Crippen molar-refractivity contribution in [3.05, 3.63) is 66.0 Å². The van der Waals surface area contributed by atoms with Crippen LogP contribution in [0.3, 0.4) is 0 Å². The molecule has 1 unspecified atom stereocenters. The van der Waals surface area contributed by atoms with E-state index in [0.717, 1.165) is 17.1 Å². The van der Waals surface area contributed by atoms with Gasteiger partial charge in [0.1, 0.15) is 23.9 Å². The van der Waals surface area contributed by atoms with Gasteiger partial charge in [0.2, 0.25) is 11.9 Å². The fourth-order valence-corrected chi connectivity index (χ4v) is 3.16. The molecule has 1 N–H and O–H groups in total. The van der Waals surface area contributed by atoms with Gasteiger partial charge in [-0.1, -0.05) is 30.3 Å². The second-order valence-electron chi connectivity index (χ2n) is 7.15. The largest absolute Gasteiger partial charge is 0.457 e. The molecule has 1 amide bonds. The molecule has 0 bridgehead atoms. The second kappa shape index (κ2) is 8.36. The maximum absolute atomic E-state index is 12.0. The zero-order valence-corrected chi connectivity index (χ0v) is 17.1. The zero-order chi connectivity index (χ0) is 21.1. The third kappa shape index (κ3) is 4.32. The Bertz CT molecular complexity index is 1030. The summed E-state index contributed by atoms with van der Waals surface area (Å²) in [5.74, 6) is 2.77. The zero-order valence-electron chi connectivity index (χ0n) is 17.1.